The quantitative estimate of drug-likeness (QED) is 0.448. The zero-order valence-corrected chi connectivity index (χ0v) is 14.5. The molecule has 0 aliphatic carbocycles. The first kappa shape index (κ1) is 20.2. The molecule has 1 N–H and O–H groups in total. The molecule has 146 valence electrons. The lowest BCUT2D eigenvalue weighted by Crippen LogP contribution is -2.31. The number of carbonyl (C=O) groups excluding carboxylic acids is 1. The van der Waals surface area contributed by atoms with Gasteiger partial charge in [0.05, 0.1) is 17.0 Å². The van der Waals surface area contributed by atoms with Crippen molar-refractivity contribution in [3.8, 4) is 5.75 Å². The van der Waals surface area contributed by atoms with Gasteiger partial charge in [0.15, 0.2) is 0 Å². The molecule has 0 aliphatic heterocycles. The lowest BCUT2D eigenvalue weighted by atomic mass is 10.2. The molecule has 1 amide bonds. The molecule has 27 heavy (non-hydrogen) atoms. The Bertz CT molecular complexity index is 831. The summed E-state index contributed by atoms with van der Waals surface area (Å²) in [6.45, 7) is 2.95. The van der Waals surface area contributed by atoms with Crippen LogP contribution in [0.1, 0.15) is 17.0 Å². The van der Waals surface area contributed by atoms with Crippen LogP contribution >= 0.6 is 0 Å². The Morgan fingerprint density at radius 2 is 1.93 bits per heavy atom. The van der Waals surface area contributed by atoms with Crippen LogP contribution in [0.2, 0.25) is 0 Å². The summed E-state index contributed by atoms with van der Waals surface area (Å²) in [6, 6.07) is 4.20. The van der Waals surface area contributed by atoms with Gasteiger partial charge in [0.2, 0.25) is 5.91 Å². The molecule has 0 radical (unpaired) electrons. The van der Waals surface area contributed by atoms with Crippen LogP contribution in [0.3, 0.4) is 0 Å². The number of ether oxygens (including phenoxy) is 1. The van der Waals surface area contributed by atoms with Crippen molar-refractivity contribution in [3.63, 3.8) is 0 Å². The number of aryl methyl sites for hydroxylation is 1. The average Bonchev–Trinajstić information content (AvgIpc) is 2.85. The van der Waals surface area contributed by atoms with Crippen LogP contribution in [0.25, 0.3) is 0 Å². The maximum atomic E-state index is 12.5. The highest BCUT2D eigenvalue weighted by molar-refractivity contribution is 5.75. The van der Waals surface area contributed by atoms with Crippen molar-refractivity contribution in [1.82, 2.24) is 15.1 Å². The smallest absolute Gasteiger partial charge is 0.416 e. The fraction of sp³-hybridized carbons (Fsp3) is 0.375. The summed E-state index contributed by atoms with van der Waals surface area (Å²) < 4.78 is 43.9. The summed E-state index contributed by atoms with van der Waals surface area (Å²) in [4.78, 5) is 22.3. The molecule has 0 bridgehead atoms. The van der Waals surface area contributed by atoms with Crippen LogP contribution in [-0.4, -0.2) is 33.8 Å². The minimum absolute atomic E-state index is 0.0500. The minimum atomic E-state index is -4.41. The highest BCUT2D eigenvalue weighted by atomic mass is 19.4. The molecule has 2 rings (SSSR count). The third-order valence-corrected chi connectivity index (χ3v) is 3.69. The van der Waals surface area contributed by atoms with Crippen molar-refractivity contribution in [2.24, 2.45) is 0 Å². The van der Waals surface area contributed by atoms with Crippen LogP contribution in [-0.2, 0) is 17.5 Å². The van der Waals surface area contributed by atoms with Crippen molar-refractivity contribution in [1.29, 1.82) is 0 Å². The molecule has 8 nitrogen and oxygen atoms in total. The van der Waals surface area contributed by atoms with Gasteiger partial charge in [-0.15, -0.1) is 0 Å². The second-order valence-corrected chi connectivity index (χ2v) is 5.65. The van der Waals surface area contributed by atoms with E-state index >= 15 is 0 Å². The number of nitrogens with zero attached hydrogens (tertiary/aromatic N) is 3. The van der Waals surface area contributed by atoms with E-state index < -0.39 is 22.6 Å². The molecule has 0 spiro atoms. The van der Waals surface area contributed by atoms with Crippen LogP contribution in [0.15, 0.2) is 24.3 Å². The molecular formula is C16H17F3N4O4. The lowest BCUT2D eigenvalue weighted by molar-refractivity contribution is -0.386. The number of halogens is 3. The summed E-state index contributed by atoms with van der Waals surface area (Å²) in [5, 5.41) is 17.4. The van der Waals surface area contributed by atoms with E-state index in [0.29, 0.717) is 0 Å². The van der Waals surface area contributed by atoms with E-state index in [9.17, 15) is 28.1 Å². The number of alkyl halides is 3. The van der Waals surface area contributed by atoms with Gasteiger partial charge in [-0.05, 0) is 38.1 Å². The van der Waals surface area contributed by atoms with Crippen LogP contribution in [0, 0.1) is 24.0 Å². The van der Waals surface area contributed by atoms with Crippen molar-refractivity contribution in [2.45, 2.75) is 26.6 Å². The molecule has 0 saturated carbocycles. The van der Waals surface area contributed by atoms with Gasteiger partial charge >= 0.3 is 11.9 Å². The number of nitro groups is 1. The van der Waals surface area contributed by atoms with E-state index in [1.54, 1.807) is 0 Å². The number of rotatable bonds is 7. The number of hydrogen-bond acceptors (Lipinski definition) is 5. The van der Waals surface area contributed by atoms with E-state index in [1.165, 1.54) is 30.7 Å². The van der Waals surface area contributed by atoms with E-state index in [0.717, 1.165) is 12.1 Å². The predicted octanol–water partition coefficient (Wildman–Crippen LogP) is 2.62. The number of carbonyl (C=O) groups is 1. The molecule has 0 saturated heterocycles. The average molecular weight is 386 g/mol. The van der Waals surface area contributed by atoms with E-state index in [1.807, 2.05) is 0 Å². The molecule has 0 fully saturated rings. The Labute approximate surface area is 152 Å². The Morgan fingerprint density at radius 3 is 2.44 bits per heavy atom. The Morgan fingerprint density at radius 1 is 1.30 bits per heavy atom. The van der Waals surface area contributed by atoms with Gasteiger partial charge in [0.25, 0.3) is 0 Å². The highest BCUT2D eigenvalue weighted by Crippen LogP contribution is 2.30. The number of hydrogen-bond donors (Lipinski definition) is 1. The zero-order valence-electron chi connectivity index (χ0n) is 14.5. The molecule has 0 atom stereocenters. The third-order valence-electron chi connectivity index (χ3n) is 3.69. The molecule has 1 aromatic heterocycles. The fourth-order valence-electron chi connectivity index (χ4n) is 2.40. The third kappa shape index (κ3) is 5.19. The van der Waals surface area contributed by atoms with Crippen molar-refractivity contribution < 1.29 is 27.6 Å². The fourth-order valence-corrected chi connectivity index (χ4v) is 2.40. The predicted molar refractivity (Wildman–Crippen MR) is 88.3 cm³/mol. The van der Waals surface area contributed by atoms with Gasteiger partial charge in [0.1, 0.15) is 30.3 Å². The second-order valence-electron chi connectivity index (χ2n) is 5.65. The van der Waals surface area contributed by atoms with Gasteiger partial charge in [-0.1, -0.05) is 0 Å². The maximum absolute atomic E-state index is 12.5. The maximum Gasteiger partial charge on any atom is 0.416 e. The van der Waals surface area contributed by atoms with Crippen molar-refractivity contribution in [2.75, 3.05) is 13.2 Å². The molecule has 1 heterocycles. The number of aromatic nitrogens is 2. The Hall–Kier alpha value is -3.11. The van der Waals surface area contributed by atoms with Gasteiger partial charge in [-0.2, -0.15) is 18.3 Å². The molecule has 1 aromatic carbocycles. The molecule has 11 heteroatoms. The normalized spacial score (nSPS) is 11.3. The van der Waals surface area contributed by atoms with Crippen molar-refractivity contribution >= 4 is 11.6 Å². The summed E-state index contributed by atoms with van der Waals surface area (Å²) in [5.41, 5.74) is -0.417. The number of amides is 1. The monoisotopic (exact) mass is 386 g/mol. The number of nitrogens with one attached hydrogen (secondary N) is 1. The Balaban J connectivity index is 1.80. The first-order chi connectivity index (χ1) is 12.6. The lowest BCUT2D eigenvalue weighted by Gasteiger charge is -2.10. The largest absolute Gasteiger partial charge is 0.492 e. The first-order valence-corrected chi connectivity index (χ1v) is 7.84. The van der Waals surface area contributed by atoms with Gasteiger partial charge in [-0.3, -0.25) is 19.6 Å². The van der Waals surface area contributed by atoms with Crippen LogP contribution < -0.4 is 10.1 Å². The van der Waals surface area contributed by atoms with Gasteiger partial charge in [-0.25, -0.2) is 0 Å². The summed E-state index contributed by atoms with van der Waals surface area (Å²) in [5.74, 6) is -0.182. The summed E-state index contributed by atoms with van der Waals surface area (Å²) in [7, 11) is 0. The van der Waals surface area contributed by atoms with Crippen LogP contribution in [0.4, 0.5) is 18.9 Å². The SMILES string of the molecule is Cc1nn(CC(=O)NCCOc2ccc(C(F)(F)F)cc2)c(C)c1[N+](=O)[O-]. The van der Waals surface area contributed by atoms with Crippen molar-refractivity contribution in [3.05, 3.63) is 51.3 Å². The standard InChI is InChI=1S/C16H17F3N4O4/c1-10-15(23(25)26)11(2)22(21-10)9-14(24)20-7-8-27-13-5-3-12(4-6-13)16(17,18)19/h3-6H,7-9H2,1-2H3,(H,20,24). The first-order valence-electron chi connectivity index (χ1n) is 7.84. The van der Waals surface area contributed by atoms with Crippen LogP contribution in [0.5, 0.6) is 5.75 Å². The van der Waals surface area contributed by atoms with Gasteiger partial charge in [0, 0.05) is 0 Å². The molecule has 0 unspecified atom stereocenters. The summed E-state index contributed by atoms with van der Waals surface area (Å²) >= 11 is 0. The minimum Gasteiger partial charge on any atom is -0.492 e. The highest BCUT2D eigenvalue weighted by Gasteiger charge is 2.30. The number of benzene rings is 1. The van der Waals surface area contributed by atoms with E-state index in [-0.39, 0.29) is 42.5 Å². The second kappa shape index (κ2) is 8.06. The van der Waals surface area contributed by atoms with E-state index in [2.05, 4.69) is 10.4 Å². The summed E-state index contributed by atoms with van der Waals surface area (Å²) in [6.07, 6.45) is -4.41. The molecule has 2 aromatic rings. The Kier molecular flexibility index (Phi) is 6.03. The van der Waals surface area contributed by atoms with Gasteiger partial charge < -0.3 is 10.1 Å². The molecular weight excluding hydrogens is 369 g/mol. The zero-order chi connectivity index (χ0) is 20.2. The topological polar surface area (TPSA) is 99.3 Å². The molecule has 0 aliphatic rings. The van der Waals surface area contributed by atoms with E-state index in [4.69, 9.17) is 4.74 Å².